The molecule has 0 heterocycles. The predicted octanol–water partition coefficient (Wildman–Crippen LogP) is 3.58. The van der Waals surface area contributed by atoms with Crippen molar-refractivity contribution in [3.63, 3.8) is 0 Å². The minimum Gasteiger partial charge on any atom is -0.468 e. The van der Waals surface area contributed by atoms with Crippen molar-refractivity contribution in [2.45, 2.75) is 11.2 Å². The van der Waals surface area contributed by atoms with Crippen LogP contribution in [0.2, 0.25) is 5.02 Å². The van der Waals surface area contributed by atoms with Gasteiger partial charge < -0.3 is 4.74 Å². The smallest absolute Gasteiger partial charge is 0.319 e. The molecule has 15 heavy (non-hydrogen) atoms. The van der Waals surface area contributed by atoms with Crippen molar-refractivity contribution in [1.29, 1.82) is 0 Å². The molecule has 0 amide bonds. The van der Waals surface area contributed by atoms with E-state index in [0.717, 1.165) is 10.0 Å². The second-order valence-corrected chi connectivity index (χ2v) is 5.36. The average Bonchev–Trinajstić information content (AvgIpc) is 2.22. The van der Waals surface area contributed by atoms with Gasteiger partial charge in [0.05, 0.1) is 7.11 Å². The van der Waals surface area contributed by atoms with E-state index in [1.54, 1.807) is 6.07 Å². The number of alkyl halides is 1. The molecule has 0 aliphatic rings. The summed E-state index contributed by atoms with van der Waals surface area (Å²) in [6.45, 7) is 0. The lowest BCUT2D eigenvalue weighted by Gasteiger charge is -2.09. The number of esters is 1. The number of rotatable bonds is 3. The van der Waals surface area contributed by atoms with Crippen molar-refractivity contribution in [3.05, 3.63) is 33.3 Å². The minimum atomic E-state index is -0.366. The lowest BCUT2D eigenvalue weighted by Crippen LogP contribution is -2.18. The van der Waals surface area contributed by atoms with Crippen LogP contribution in [0.1, 0.15) is 5.56 Å². The van der Waals surface area contributed by atoms with E-state index in [0.29, 0.717) is 11.4 Å². The number of benzene rings is 1. The van der Waals surface area contributed by atoms with Crippen molar-refractivity contribution in [2.24, 2.45) is 0 Å². The summed E-state index contributed by atoms with van der Waals surface area (Å²) in [6, 6.07) is 5.53. The molecular weight excluding hydrogens is 347 g/mol. The van der Waals surface area contributed by atoms with Crippen molar-refractivity contribution in [3.8, 4) is 0 Å². The zero-order valence-electron chi connectivity index (χ0n) is 7.97. The van der Waals surface area contributed by atoms with Gasteiger partial charge in [-0.25, -0.2) is 0 Å². The largest absolute Gasteiger partial charge is 0.468 e. The van der Waals surface area contributed by atoms with Crippen LogP contribution in [-0.2, 0) is 16.0 Å². The third kappa shape index (κ3) is 3.78. The highest BCUT2D eigenvalue weighted by Gasteiger charge is 2.17. The van der Waals surface area contributed by atoms with Gasteiger partial charge in [0, 0.05) is 9.50 Å². The molecule has 2 nitrogen and oxygen atoms in total. The van der Waals surface area contributed by atoms with E-state index in [1.807, 2.05) is 12.1 Å². The molecule has 0 radical (unpaired) electrons. The van der Waals surface area contributed by atoms with Gasteiger partial charge in [0.2, 0.25) is 0 Å². The number of hydrogen-bond donors (Lipinski definition) is 0. The summed E-state index contributed by atoms with van der Waals surface area (Å²) in [5.74, 6) is -0.300. The molecule has 0 saturated carbocycles. The van der Waals surface area contributed by atoms with Crippen LogP contribution in [0.5, 0.6) is 0 Å². The Hall–Kier alpha value is -0.0600. The first-order valence-electron chi connectivity index (χ1n) is 4.20. The molecule has 0 spiro atoms. The van der Waals surface area contributed by atoms with Gasteiger partial charge in [0.15, 0.2) is 0 Å². The number of carbonyl (C=O) groups excluding carboxylic acids is 1. The maximum Gasteiger partial charge on any atom is 0.319 e. The summed E-state index contributed by atoms with van der Waals surface area (Å²) < 4.78 is 5.55. The normalized spacial score (nSPS) is 12.3. The zero-order chi connectivity index (χ0) is 11.4. The summed E-state index contributed by atoms with van der Waals surface area (Å²) in [7, 11) is 1.36. The summed E-state index contributed by atoms with van der Waals surface area (Å²) in [5, 5.41) is 0.645. The van der Waals surface area contributed by atoms with Crippen molar-refractivity contribution >= 4 is 49.4 Å². The molecule has 5 heteroatoms. The van der Waals surface area contributed by atoms with Crippen molar-refractivity contribution in [1.82, 2.24) is 0 Å². The molecule has 1 atom stereocenters. The second kappa shape index (κ2) is 5.87. The van der Waals surface area contributed by atoms with E-state index in [9.17, 15) is 4.79 Å². The Balaban J connectivity index is 2.80. The van der Waals surface area contributed by atoms with E-state index in [1.165, 1.54) is 7.11 Å². The summed E-state index contributed by atoms with van der Waals surface area (Å²) in [5.41, 5.74) is 0.901. The zero-order valence-corrected chi connectivity index (χ0v) is 11.9. The number of halogens is 3. The van der Waals surface area contributed by atoms with Crippen LogP contribution in [0.4, 0.5) is 0 Å². The Morgan fingerprint density at radius 2 is 2.27 bits per heavy atom. The Morgan fingerprint density at radius 1 is 1.60 bits per heavy atom. The molecular formula is C10H9Br2ClO2. The van der Waals surface area contributed by atoms with Gasteiger partial charge in [-0.3, -0.25) is 4.79 Å². The molecule has 0 bridgehead atoms. The molecule has 0 aliphatic carbocycles. The summed E-state index contributed by atoms with van der Waals surface area (Å²) in [4.78, 5) is 10.8. The van der Waals surface area contributed by atoms with Crippen LogP contribution < -0.4 is 0 Å². The first-order chi connectivity index (χ1) is 7.04. The molecule has 1 unspecified atom stereocenters. The molecule has 0 saturated heterocycles. The van der Waals surface area contributed by atoms with Crippen LogP contribution in [0.3, 0.4) is 0 Å². The summed E-state index contributed by atoms with van der Waals surface area (Å²) >= 11 is 12.6. The second-order valence-electron chi connectivity index (χ2n) is 2.93. The fraction of sp³-hybridized carbons (Fsp3) is 0.300. The van der Waals surface area contributed by atoms with E-state index in [2.05, 4.69) is 36.6 Å². The summed E-state index contributed by atoms with van der Waals surface area (Å²) in [6.07, 6.45) is 0.505. The fourth-order valence-corrected chi connectivity index (χ4v) is 2.24. The quantitative estimate of drug-likeness (QED) is 0.611. The predicted molar refractivity (Wildman–Crippen MR) is 67.6 cm³/mol. The van der Waals surface area contributed by atoms with Gasteiger partial charge >= 0.3 is 5.97 Å². The number of ether oxygens (including phenoxy) is 1. The van der Waals surface area contributed by atoms with Crippen molar-refractivity contribution in [2.75, 3.05) is 7.11 Å². The van der Waals surface area contributed by atoms with Gasteiger partial charge in [0.25, 0.3) is 0 Å². The molecule has 0 fully saturated rings. The van der Waals surface area contributed by atoms with E-state index in [4.69, 9.17) is 11.6 Å². The average molecular weight is 356 g/mol. The SMILES string of the molecule is COC(=O)C(Br)Cc1cc(Br)ccc1Cl. The van der Waals surface area contributed by atoms with Crippen LogP contribution in [0.15, 0.2) is 22.7 Å². The Kier molecular flexibility index (Phi) is 5.09. The Labute approximate surface area is 110 Å². The van der Waals surface area contributed by atoms with E-state index in [-0.39, 0.29) is 10.8 Å². The van der Waals surface area contributed by atoms with Gasteiger partial charge in [-0.2, -0.15) is 0 Å². The lowest BCUT2D eigenvalue weighted by atomic mass is 10.1. The molecule has 0 aromatic heterocycles. The van der Waals surface area contributed by atoms with Crippen molar-refractivity contribution < 1.29 is 9.53 Å². The number of methoxy groups -OCH3 is 1. The Morgan fingerprint density at radius 3 is 2.87 bits per heavy atom. The highest BCUT2D eigenvalue weighted by molar-refractivity contribution is 9.10. The highest BCUT2D eigenvalue weighted by atomic mass is 79.9. The van der Waals surface area contributed by atoms with Crippen LogP contribution >= 0.6 is 43.5 Å². The van der Waals surface area contributed by atoms with E-state index >= 15 is 0 Å². The molecule has 1 aromatic carbocycles. The fourth-order valence-electron chi connectivity index (χ4n) is 1.10. The topological polar surface area (TPSA) is 26.3 Å². The molecule has 1 aromatic rings. The number of carbonyl (C=O) groups is 1. The van der Waals surface area contributed by atoms with Gasteiger partial charge in [-0.15, -0.1) is 0 Å². The third-order valence-corrected chi connectivity index (χ3v) is 3.42. The van der Waals surface area contributed by atoms with Crippen LogP contribution in [0, 0.1) is 0 Å². The maximum absolute atomic E-state index is 11.2. The monoisotopic (exact) mass is 354 g/mol. The van der Waals surface area contributed by atoms with Gasteiger partial charge in [-0.1, -0.05) is 43.5 Å². The van der Waals surface area contributed by atoms with Gasteiger partial charge in [0.1, 0.15) is 4.83 Å². The minimum absolute atomic E-state index is 0.300. The standard InChI is InChI=1S/C10H9Br2ClO2/c1-15-10(14)8(12)5-6-4-7(11)2-3-9(6)13/h2-4,8H,5H2,1H3. The van der Waals surface area contributed by atoms with E-state index < -0.39 is 0 Å². The first-order valence-corrected chi connectivity index (χ1v) is 6.29. The molecule has 0 N–H and O–H groups in total. The van der Waals surface area contributed by atoms with Gasteiger partial charge in [-0.05, 0) is 30.2 Å². The lowest BCUT2D eigenvalue weighted by molar-refractivity contribution is -0.139. The number of hydrogen-bond acceptors (Lipinski definition) is 2. The molecule has 82 valence electrons. The molecule has 1 rings (SSSR count). The van der Waals surface area contributed by atoms with Crippen LogP contribution in [0.25, 0.3) is 0 Å². The first kappa shape index (κ1) is 13.0. The maximum atomic E-state index is 11.2. The highest BCUT2D eigenvalue weighted by Crippen LogP contribution is 2.24. The third-order valence-electron chi connectivity index (χ3n) is 1.86. The molecule has 0 aliphatic heterocycles. The Bertz CT molecular complexity index is 368. The van der Waals surface area contributed by atoms with Crippen LogP contribution in [-0.4, -0.2) is 17.9 Å².